The third-order valence-electron chi connectivity index (χ3n) is 6.81. The SMILES string of the molecule is CCN(C)S(=O)(=O)Nc1cccc(-c2nc(C)sc2-c2ccnc(Nc3ccc(C4CCNCC4)cn3)n2)c1F. The first-order valence-corrected chi connectivity index (χ1v) is 15.3. The van der Waals surface area contributed by atoms with Gasteiger partial charge in [-0.1, -0.05) is 19.1 Å². The molecule has 0 spiro atoms. The van der Waals surface area contributed by atoms with Gasteiger partial charge in [-0.15, -0.1) is 11.3 Å². The Balaban J connectivity index is 1.41. The molecule has 0 atom stereocenters. The highest BCUT2D eigenvalue weighted by Crippen LogP contribution is 2.38. The Hall–Kier alpha value is -3.52. The zero-order valence-electron chi connectivity index (χ0n) is 22.5. The lowest BCUT2D eigenvalue weighted by Gasteiger charge is -2.22. The van der Waals surface area contributed by atoms with Gasteiger partial charge in [0.15, 0.2) is 5.82 Å². The Morgan fingerprint density at radius 1 is 1.12 bits per heavy atom. The van der Waals surface area contributed by atoms with E-state index in [-0.39, 0.29) is 17.8 Å². The minimum Gasteiger partial charge on any atom is -0.317 e. The van der Waals surface area contributed by atoms with Gasteiger partial charge in [0.05, 0.1) is 27.0 Å². The molecule has 0 saturated carbocycles. The molecule has 0 unspecified atom stereocenters. The number of pyridine rings is 1. The van der Waals surface area contributed by atoms with Crippen LogP contribution < -0.4 is 15.4 Å². The molecule has 10 nitrogen and oxygen atoms in total. The second kappa shape index (κ2) is 11.9. The number of aryl methyl sites for hydroxylation is 1. The topological polar surface area (TPSA) is 125 Å². The Labute approximate surface area is 237 Å². The molecule has 1 aliphatic rings. The number of thiazole rings is 1. The van der Waals surface area contributed by atoms with E-state index in [0.29, 0.717) is 39.0 Å². The molecule has 40 heavy (non-hydrogen) atoms. The van der Waals surface area contributed by atoms with Crippen molar-refractivity contribution in [3.05, 3.63) is 65.2 Å². The molecule has 0 amide bonds. The second-order valence-corrected chi connectivity index (χ2v) is 12.5. The van der Waals surface area contributed by atoms with Gasteiger partial charge in [0, 0.05) is 31.5 Å². The van der Waals surface area contributed by atoms with Crippen LogP contribution in [0.1, 0.15) is 36.3 Å². The van der Waals surface area contributed by atoms with Gasteiger partial charge in [-0.05, 0) is 68.6 Å². The third-order valence-corrected chi connectivity index (χ3v) is 9.36. The highest BCUT2D eigenvalue weighted by Gasteiger charge is 2.23. The molecule has 0 radical (unpaired) electrons. The average molecular weight is 583 g/mol. The Morgan fingerprint density at radius 2 is 1.93 bits per heavy atom. The Kier molecular flexibility index (Phi) is 8.35. The molecule has 1 fully saturated rings. The van der Waals surface area contributed by atoms with Crippen molar-refractivity contribution in [2.75, 3.05) is 36.7 Å². The summed E-state index contributed by atoms with van der Waals surface area (Å²) in [6.45, 7) is 5.80. The minimum absolute atomic E-state index is 0.154. The summed E-state index contributed by atoms with van der Waals surface area (Å²) < 4.78 is 44.1. The summed E-state index contributed by atoms with van der Waals surface area (Å²) >= 11 is 1.37. The summed E-state index contributed by atoms with van der Waals surface area (Å²) in [7, 11) is -2.48. The second-order valence-electron chi connectivity index (χ2n) is 9.49. The third kappa shape index (κ3) is 6.12. The van der Waals surface area contributed by atoms with Crippen molar-refractivity contribution < 1.29 is 12.8 Å². The minimum atomic E-state index is -3.90. The molecule has 5 rings (SSSR count). The molecule has 3 aromatic heterocycles. The van der Waals surface area contributed by atoms with Gasteiger partial charge in [0.2, 0.25) is 5.95 Å². The van der Waals surface area contributed by atoms with Gasteiger partial charge < -0.3 is 10.6 Å². The number of nitrogens with zero attached hydrogens (tertiary/aromatic N) is 5. The predicted molar refractivity (Wildman–Crippen MR) is 156 cm³/mol. The molecule has 0 bridgehead atoms. The standard InChI is InChI=1S/C27H31FN8O2S2/c1-4-36(3)40(37,38)35-21-7-5-6-20(24(21)28)25-26(39-17(2)32-25)22-12-15-30-27(33-22)34-23-9-8-19(16-31-23)18-10-13-29-14-11-18/h5-9,12,15-16,18,29,35H,4,10-11,13-14H2,1-3H3,(H,30,31,33,34). The maximum atomic E-state index is 15.7. The van der Waals surface area contributed by atoms with E-state index in [1.807, 2.05) is 19.2 Å². The van der Waals surface area contributed by atoms with Crippen molar-refractivity contribution >= 4 is 39.0 Å². The first-order chi connectivity index (χ1) is 19.2. The number of rotatable bonds is 9. The average Bonchev–Trinajstić information content (AvgIpc) is 3.36. The number of benzene rings is 1. The molecule has 210 valence electrons. The van der Waals surface area contributed by atoms with Crippen LogP contribution in [0, 0.1) is 12.7 Å². The fourth-order valence-electron chi connectivity index (χ4n) is 4.50. The predicted octanol–water partition coefficient (Wildman–Crippen LogP) is 4.93. The summed E-state index contributed by atoms with van der Waals surface area (Å²) in [5.74, 6) is 0.768. The molecular formula is C27H31FN8O2S2. The van der Waals surface area contributed by atoms with E-state index in [4.69, 9.17) is 0 Å². The van der Waals surface area contributed by atoms with Crippen LogP contribution in [0.25, 0.3) is 21.8 Å². The van der Waals surface area contributed by atoms with E-state index in [9.17, 15) is 8.42 Å². The summed E-state index contributed by atoms with van der Waals surface area (Å²) in [6, 6.07) is 10.3. The highest BCUT2D eigenvalue weighted by molar-refractivity contribution is 7.90. The number of hydrogen-bond acceptors (Lipinski definition) is 9. The van der Waals surface area contributed by atoms with Crippen LogP contribution in [0.4, 0.5) is 21.8 Å². The number of hydrogen-bond donors (Lipinski definition) is 3. The lowest BCUT2D eigenvalue weighted by Crippen LogP contribution is -2.32. The fraction of sp³-hybridized carbons (Fsp3) is 0.333. The number of piperidine rings is 1. The zero-order valence-corrected chi connectivity index (χ0v) is 24.1. The van der Waals surface area contributed by atoms with Gasteiger partial charge in [-0.2, -0.15) is 12.7 Å². The zero-order chi connectivity index (χ0) is 28.3. The Morgan fingerprint density at radius 3 is 2.65 bits per heavy atom. The van der Waals surface area contributed by atoms with Crippen LogP contribution >= 0.6 is 11.3 Å². The van der Waals surface area contributed by atoms with Gasteiger partial charge >= 0.3 is 10.2 Å². The van der Waals surface area contributed by atoms with E-state index < -0.39 is 16.0 Å². The number of halogens is 1. The molecule has 4 heterocycles. The molecule has 0 aliphatic carbocycles. The van der Waals surface area contributed by atoms with Gasteiger partial charge in [0.25, 0.3) is 0 Å². The van der Waals surface area contributed by atoms with E-state index >= 15 is 4.39 Å². The molecule has 1 saturated heterocycles. The van der Waals surface area contributed by atoms with Crippen molar-refractivity contribution in [3.63, 3.8) is 0 Å². The smallest absolute Gasteiger partial charge is 0.301 e. The van der Waals surface area contributed by atoms with Crippen molar-refractivity contribution in [3.8, 4) is 21.8 Å². The highest BCUT2D eigenvalue weighted by atomic mass is 32.2. The lowest BCUT2D eigenvalue weighted by molar-refractivity contribution is 0.459. The number of aromatic nitrogens is 4. The van der Waals surface area contributed by atoms with Crippen LogP contribution in [0.15, 0.2) is 48.8 Å². The lowest BCUT2D eigenvalue weighted by atomic mass is 9.91. The van der Waals surface area contributed by atoms with Gasteiger partial charge in [0.1, 0.15) is 5.82 Å². The normalized spacial score (nSPS) is 14.4. The van der Waals surface area contributed by atoms with Crippen LogP contribution in [-0.2, 0) is 10.2 Å². The molecule has 1 aliphatic heterocycles. The largest absolute Gasteiger partial charge is 0.317 e. The van der Waals surface area contributed by atoms with Gasteiger partial charge in [-0.25, -0.2) is 24.3 Å². The van der Waals surface area contributed by atoms with Crippen LogP contribution in [-0.4, -0.2) is 59.3 Å². The van der Waals surface area contributed by atoms with Crippen molar-refractivity contribution in [1.29, 1.82) is 0 Å². The van der Waals surface area contributed by atoms with Crippen molar-refractivity contribution in [2.45, 2.75) is 32.6 Å². The Bertz CT molecular complexity index is 1590. The number of nitrogens with one attached hydrogen (secondary N) is 3. The van der Waals surface area contributed by atoms with E-state index in [1.54, 1.807) is 31.3 Å². The molecule has 1 aromatic carbocycles. The summed E-state index contributed by atoms with van der Waals surface area (Å²) in [6.07, 6.45) is 5.71. The fourth-order valence-corrected chi connectivity index (χ4v) is 6.33. The molecule has 3 N–H and O–H groups in total. The quantitative estimate of drug-likeness (QED) is 0.254. The van der Waals surface area contributed by atoms with Crippen molar-refractivity contribution in [1.82, 2.24) is 29.6 Å². The first kappa shape index (κ1) is 28.0. The van der Waals surface area contributed by atoms with E-state index in [0.717, 1.165) is 30.2 Å². The summed E-state index contributed by atoms with van der Waals surface area (Å²) in [5, 5.41) is 7.25. The van der Waals surface area contributed by atoms with Crippen LogP contribution in [0.3, 0.4) is 0 Å². The first-order valence-electron chi connectivity index (χ1n) is 13.0. The van der Waals surface area contributed by atoms with E-state index in [2.05, 4.69) is 41.4 Å². The van der Waals surface area contributed by atoms with Crippen LogP contribution in [0.2, 0.25) is 0 Å². The monoisotopic (exact) mass is 582 g/mol. The maximum Gasteiger partial charge on any atom is 0.301 e. The maximum absolute atomic E-state index is 15.7. The molecular weight excluding hydrogens is 551 g/mol. The van der Waals surface area contributed by atoms with E-state index in [1.165, 1.54) is 30.0 Å². The van der Waals surface area contributed by atoms with Crippen molar-refractivity contribution in [2.24, 2.45) is 0 Å². The van der Waals surface area contributed by atoms with Crippen LogP contribution in [0.5, 0.6) is 0 Å². The summed E-state index contributed by atoms with van der Waals surface area (Å²) in [4.78, 5) is 18.8. The summed E-state index contributed by atoms with van der Waals surface area (Å²) in [5.41, 5.74) is 2.17. The number of anilines is 3. The molecule has 4 aromatic rings. The van der Waals surface area contributed by atoms with Gasteiger partial charge in [-0.3, -0.25) is 4.72 Å². The molecule has 13 heteroatoms.